The Morgan fingerprint density at radius 3 is 2.76 bits per heavy atom. The Morgan fingerprint density at radius 2 is 2.10 bits per heavy atom. The first kappa shape index (κ1) is 13.4. The molecule has 1 aromatic carbocycles. The molecule has 0 aliphatic carbocycles. The molecule has 0 radical (unpaired) electrons. The molecule has 0 fully saturated rings. The fraction of sp³-hybridized carbons (Fsp3) is 0.250. The number of rotatable bonds is 3. The molecule has 1 N–H and O–H groups in total. The molecule has 5 heteroatoms. The lowest BCUT2D eigenvalue weighted by atomic mass is 10.2. The number of nitrogens with zero attached hydrogens (tertiary/aromatic N) is 1. The van der Waals surface area contributed by atoms with Crippen molar-refractivity contribution in [2.24, 2.45) is 0 Å². The van der Waals surface area contributed by atoms with E-state index < -0.39 is 5.97 Å². The molecule has 0 saturated carbocycles. The van der Waals surface area contributed by atoms with Gasteiger partial charge in [-0.2, -0.15) is 0 Å². The highest BCUT2D eigenvalue weighted by Gasteiger charge is 2.29. The topological polar surface area (TPSA) is 70.8 Å². The molecule has 1 aromatic heterocycles. The smallest absolute Gasteiger partial charge is 0.339 e. The van der Waals surface area contributed by atoms with Crippen LogP contribution in [0.25, 0.3) is 0 Å². The molecule has 0 spiro atoms. The number of hydrogen-bond donors (Lipinski definition) is 1. The van der Waals surface area contributed by atoms with Gasteiger partial charge in [-0.15, -0.1) is 0 Å². The van der Waals surface area contributed by atoms with Gasteiger partial charge in [-0.1, -0.05) is 25.1 Å². The fourth-order valence-corrected chi connectivity index (χ4v) is 2.66. The summed E-state index contributed by atoms with van der Waals surface area (Å²) in [7, 11) is 0. The number of fused-ring (bicyclic) bond motifs is 1. The number of para-hydroxylation sites is 1. The van der Waals surface area contributed by atoms with Crippen molar-refractivity contribution in [1.29, 1.82) is 0 Å². The number of aromatic carboxylic acids is 1. The SMILES string of the molecule is CCc1oc(C(=O)N2CCc3ccccc32)cc1C(=O)O. The number of carbonyl (C=O) groups is 2. The van der Waals surface area contributed by atoms with E-state index in [-0.39, 0.29) is 17.2 Å². The van der Waals surface area contributed by atoms with Crippen LogP contribution in [-0.4, -0.2) is 23.5 Å². The number of anilines is 1. The van der Waals surface area contributed by atoms with Crippen molar-refractivity contribution in [3.63, 3.8) is 0 Å². The summed E-state index contributed by atoms with van der Waals surface area (Å²) in [6, 6.07) is 9.03. The third-order valence-corrected chi connectivity index (χ3v) is 3.70. The fourth-order valence-electron chi connectivity index (χ4n) is 2.66. The van der Waals surface area contributed by atoms with Crippen molar-refractivity contribution in [2.75, 3.05) is 11.4 Å². The molecule has 1 aliphatic rings. The Hall–Kier alpha value is -2.56. The van der Waals surface area contributed by atoms with Gasteiger partial charge in [0.2, 0.25) is 0 Å². The summed E-state index contributed by atoms with van der Waals surface area (Å²) in [6.07, 6.45) is 1.24. The lowest BCUT2D eigenvalue weighted by Gasteiger charge is -2.15. The van der Waals surface area contributed by atoms with Gasteiger partial charge < -0.3 is 14.4 Å². The summed E-state index contributed by atoms with van der Waals surface area (Å²) in [5.41, 5.74) is 2.05. The average Bonchev–Trinajstić information content (AvgIpc) is 3.10. The molecule has 3 rings (SSSR count). The maximum Gasteiger partial charge on any atom is 0.339 e. The second-order valence-electron chi connectivity index (χ2n) is 4.94. The van der Waals surface area contributed by atoms with Crippen molar-refractivity contribution >= 4 is 17.6 Å². The van der Waals surface area contributed by atoms with Gasteiger partial charge in [-0.05, 0) is 18.1 Å². The summed E-state index contributed by atoms with van der Waals surface area (Å²) in [4.78, 5) is 25.3. The molecule has 2 aromatic rings. The monoisotopic (exact) mass is 285 g/mol. The molecule has 5 nitrogen and oxygen atoms in total. The lowest BCUT2D eigenvalue weighted by Crippen LogP contribution is -2.28. The van der Waals surface area contributed by atoms with E-state index in [0.29, 0.717) is 18.7 Å². The summed E-state index contributed by atoms with van der Waals surface area (Å²) in [5, 5.41) is 9.13. The second kappa shape index (κ2) is 5.09. The molecule has 0 bridgehead atoms. The average molecular weight is 285 g/mol. The van der Waals surface area contributed by atoms with Crippen LogP contribution >= 0.6 is 0 Å². The summed E-state index contributed by atoms with van der Waals surface area (Å²) >= 11 is 0. The lowest BCUT2D eigenvalue weighted by molar-refractivity contribution is 0.0694. The van der Waals surface area contributed by atoms with Crippen LogP contribution in [-0.2, 0) is 12.8 Å². The van der Waals surface area contributed by atoms with Crippen LogP contribution in [0.4, 0.5) is 5.69 Å². The molecule has 0 atom stereocenters. The summed E-state index contributed by atoms with van der Waals surface area (Å²) < 4.78 is 5.44. The number of furan rings is 1. The van der Waals surface area contributed by atoms with E-state index in [4.69, 9.17) is 9.52 Å². The Balaban J connectivity index is 1.95. The van der Waals surface area contributed by atoms with Gasteiger partial charge >= 0.3 is 5.97 Å². The number of amides is 1. The van der Waals surface area contributed by atoms with Crippen LogP contribution in [0.3, 0.4) is 0 Å². The van der Waals surface area contributed by atoms with E-state index in [1.165, 1.54) is 6.07 Å². The van der Waals surface area contributed by atoms with Crippen molar-refractivity contribution in [3.8, 4) is 0 Å². The second-order valence-corrected chi connectivity index (χ2v) is 4.94. The Bertz CT molecular complexity index is 717. The van der Waals surface area contributed by atoms with E-state index in [9.17, 15) is 9.59 Å². The summed E-state index contributed by atoms with van der Waals surface area (Å²) in [6.45, 7) is 2.38. The Labute approximate surface area is 121 Å². The van der Waals surface area contributed by atoms with Gasteiger partial charge in [0, 0.05) is 24.7 Å². The molecule has 1 amide bonds. The van der Waals surface area contributed by atoms with Crippen molar-refractivity contribution in [2.45, 2.75) is 19.8 Å². The number of carbonyl (C=O) groups excluding carboxylic acids is 1. The van der Waals surface area contributed by atoms with Gasteiger partial charge in [0.05, 0.1) is 0 Å². The normalized spacial score (nSPS) is 13.3. The quantitative estimate of drug-likeness (QED) is 0.941. The number of aryl methyl sites for hydroxylation is 1. The number of benzene rings is 1. The maximum atomic E-state index is 12.6. The molecular formula is C16H15NO4. The molecule has 108 valence electrons. The van der Waals surface area contributed by atoms with Gasteiger partial charge in [0.15, 0.2) is 5.76 Å². The predicted molar refractivity (Wildman–Crippen MR) is 76.9 cm³/mol. The van der Waals surface area contributed by atoms with E-state index in [0.717, 1.165) is 17.7 Å². The van der Waals surface area contributed by atoms with Crippen LogP contribution < -0.4 is 4.90 Å². The molecular weight excluding hydrogens is 270 g/mol. The van der Waals surface area contributed by atoms with Crippen molar-refractivity contribution < 1.29 is 19.1 Å². The molecule has 21 heavy (non-hydrogen) atoms. The highest BCUT2D eigenvalue weighted by Crippen LogP contribution is 2.29. The zero-order valence-electron chi connectivity index (χ0n) is 11.6. The van der Waals surface area contributed by atoms with E-state index in [1.807, 2.05) is 24.3 Å². The highest BCUT2D eigenvalue weighted by molar-refractivity contribution is 6.06. The highest BCUT2D eigenvalue weighted by atomic mass is 16.4. The van der Waals surface area contributed by atoms with Crippen molar-refractivity contribution in [1.82, 2.24) is 0 Å². The summed E-state index contributed by atoms with van der Waals surface area (Å²) in [5.74, 6) is -0.946. The maximum absolute atomic E-state index is 12.6. The third-order valence-electron chi connectivity index (χ3n) is 3.70. The number of carboxylic acid groups (broad SMARTS) is 1. The zero-order valence-corrected chi connectivity index (χ0v) is 11.6. The minimum atomic E-state index is -1.07. The number of hydrogen-bond acceptors (Lipinski definition) is 3. The van der Waals surface area contributed by atoms with Crippen molar-refractivity contribution in [3.05, 3.63) is 53.0 Å². The minimum absolute atomic E-state index is 0.0633. The third kappa shape index (κ3) is 2.20. The van der Waals surface area contributed by atoms with Gasteiger partial charge in [0.25, 0.3) is 5.91 Å². The van der Waals surface area contributed by atoms with Gasteiger partial charge in [0.1, 0.15) is 11.3 Å². The van der Waals surface area contributed by atoms with E-state index >= 15 is 0 Å². The Morgan fingerprint density at radius 1 is 1.33 bits per heavy atom. The zero-order chi connectivity index (χ0) is 15.0. The van der Waals surface area contributed by atoms with Crippen LogP contribution in [0, 0.1) is 0 Å². The van der Waals surface area contributed by atoms with Crippen LogP contribution in [0.2, 0.25) is 0 Å². The largest absolute Gasteiger partial charge is 0.478 e. The standard InChI is InChI=1S/C16H15NO4/c1-2-13-11(16(19)20)9-14(21-13)15(18)17-8-7-10-5-3-4-6-12(10)17/h3-6,9H,2,7-8H2,1H3,(H,19,20). The first-order valence-electron chi connectivity index (χ1n) is 6.87. The van der Waals surface area contributed by atoms with E-state index in [1.54, 1.807) is 11.8 Å². The Kier molecular flexibility index (Phi) is 3.25. The minimum Gasteiger partial charge on any atom is -0.478 e. The van der Waals surface area contributed by atoms with Gasteiger partial charge in [-0.3, -0.25) is 4.79 Å². The molecule has 0 saturated heterocycles. The molecule has 0 unspecified atom stereocenters. The van der Waals surface area contributed by atoms with Crippen LogP contribution in [0.15, 0.2) is 34.7 Å². The van der Waals surface area contributed by atoms with Gasteiger partial charge in [-0.25, -0.2) is 4.79 Å². The van der Waals surface area contributed by atoms with Crippen LogP contribution in [0.1, 0.15) is 39.2 Å². The van der Waals surface area contributed by atoms with E-state index in [2.05, 4.69) is 0 Å². The first-order chi connectivity index (χ1) is 10.1. The molecule has 2 heterocycles. The number of carboxylic acids is 1. The van der Waals surface area contributed by atoms with Crippen LogP contribution in [0.5, 0.6) is 0 Å². The molecule has 1 aliphatic heterocycles. The predicted octanol–water partition coefficient (Wildman–Crippen LogP) is 2.74. The first-order valence-corrected chi connectivity index (χ1v) is 6.87.